The van der Waals surface area contributed by atoms with Crippen LogP contribution in [0.15, 0.2) is 71.0 Å². The Kier molecular flexibility index (Phi) is 7.27. The molecule has 2 nitrogen and oxygen atoms in total. The molecule has 0 saturated carbocycles. The molecule has 0 N–H and O–H groups in total. The van der Waals surface area contributed by atoms with Crippen molar-refractivity contribution in [3.63, 3.8) is 0 Å². The first-order valence-corrected chi connectivity index (χ1v) is 5.46. The van der Waals surface area contributed by atoms with Crippen molar-refractivity contribution in [3.05, 3.63) is 61.0 Å². The number of aliphatic imine (C=N–C) groups is 2. The average molecular weight is 228 g/mol. The Bertz CT molecular complexity index is 418. The topological polar surface area (TPSA) is 24.7 Å². The Labute approximate surface area is 104 Å². The van der Waals surface area contributed by atoms with Crippen LogP contribution in [0, 0.1) is 0 Å². The van der Waals surface area contributed by atoms with Crippen LogP contribution in [0.5, 0.6) is 0 Å². The van der Waals surface area contributed by atoms with Gasteiger partial charge >= 0.3 is 0 Å². The molecule has 0 rings (SSSR count). The second-order valence-electron chi connectivity index (χ2n) is 3.23. The van der Waals surface area contributed by atoms with Gasteiger partial charge in [-0.3, -0.25) is 9.98 Å². The van der Waals surface area contributed by atoms with Crippen molar-refractivity contribution >= 4 is 11.9 Å². The molecule has 0 aromatic heterocycles. The standard InChI is InChI=1S/C15H20N2/c1-7-12(6)14(16-10-4)15(17-11-5)13(8-2)9-3/h7-11H,1-2,5H2,3-4,6H3/b13-9-,14-12-,16-10?,17-15?. The molecule has 0 aromatic carbocycles. The third-order valence-corrected chi connectivity index (χ3v) is 2.19. The number of hydrogen-bond donors (Lipinski definition) is 0. The molecule has 0 aliphatic heterocycles. The average Bonchev–Trinajstić information content (AvgIpc) is 2.35. The molecular weight excluding hydrogens is 208 g/mol. The van der Waals surface area contributed by atoms with E-state index >= 15 is 0 Å². The van der Waals surface area contributed by atoms with Gasteiger partial charge in [-0.15, -0.1) is 0 Å². The van der Waals surface area contributed by atoms with Gasteiger partial charge in [0.1, 0.15) is 0 Å². The van der Waals surface area contributed by atoms with E-state index < -0.39 is 0 Å². The maximum absolute atomic E-state index is 4.35. The Balaban J connectivity index is 5.91. The fourth-order valence-corrected chi connectivity index (χ4v) is 1.29. The maximum Gasteiger partial charge on any atom is 0.0957 e. The molecule has 0 aromatic rings. The van der Waals surface area contributed by atoms with Crippen molar-refractivity contribution in [2.24, 2.45) is 9.98 Å². The molecule has 0 heterocycles. The zero-order valence-electron chi connectivity index (χ0n) is 10.9. The predicted molar refractivity (Wildman–Crippen MR) is 78.6 cm³/mol. The largest absolute Gasteiger partial charge is 0.259 e. The van der Waals surface area contributed by atoms with E-state index in [9.17, 15) is 0 Å². The van der Waals surface area contributed by atoms with E-state index in [0.29, 0.717) is 0 Å². The van der Waals surface area contributed by atoms with Gasteiger partial charge in [-0.25, -0.2) is 0 Å². The van der Waals surface area contributed by atoms with Crippen LogP contribution in [0.3, 0.4) is 0 Å². The zero-order valence-corrected chi connectivity index (χ0v) is 10.9. The Morgan fingerprint density at radius 3 is 2.06 bits per heavy atom. The first-order chi connectivity index (χ1) is 8.15. The molecule has 0 amide bonds. The number of nitrogens with zero attached hydrogens (tertiary/aromatic N) is 2. The summed E-state index contributed by atoms with van der Waals surface area (Å²) in [5, 5.41) is 0. The van der Waals surface area contributed by atoms with Crippen molar-refractivity contribution in [1.29, 1.82) is 0 Å². The quantitative estimate of drug-likeness (QED) is 0.479. The van der Waals surface area contributed by atoms with Crippen LogP contribution >= 0.6 is 0 Å². The van der Waals surface area contributed by atoms with Crippen molar-refractivity contribution in [2.75, 3.05) is 0 Å². The van der Waals surface area contributed by atoms with Crippen molar-refractivity contribution in [2.45, 2.75) is 20.8 Å². The van der Waals surface area contributed by atoms with Crippen LogP contribution in [-0.4, -0.2) is 11.9 Å². The molecule has 0 radical (unpaired) electrons. The Morgan fingerprint density at radius 2 is 1.71 bits per heavy atom. The van der Waals surface area contributed by atoms with E-state index in [1.165, 1.54) is 6.20 Å². The summed E-state index contributed by atoms with van der Waals surface area (Å²) in [6, 6.07) is 0. The highest BCUT2D eigenvalue weighted by Crippen LogP contribution is 2.16. The number of allylic oxidation sites excluding steroid dienone is 5. The molecule has 0 fully saturated rings. The van der Waals surface area contributed by atoms with Gasteiger partial charge in [0, 0.05) is 12.4 Å². The van der Waals surface area contributed by atoms with Crippen molar-refractivity contribution in [1.82, 2.24) is 0 Å². The normalized spacial score (nSPS) is 14.5. The van der Waals surface area contributed by atoms with Gasteiger partial charge in [-0.05, 0) is 31.9 Å². The minimum absolute atomic E-state index is 0.757. The van der Waals surface area contributed by atoms with Crippen molar-refractivity contribution < 1.29 is 0 Å². The fraction of sp³-hybridized carbons (Fsp3) is 0.200. The van der Waals surface area contributed by atoms with Crippen LogP contribution in [0.1, 0.15) is 20.8 Å². The predicted octanol–water partition coefficient (Wildman–Crippen LogP) is 4.25. The summed E-state index contributed by atoms with van der Waals surface area (Å²) in [6.07, 6.45) is 8.69. The van der Waals surface area contributed by atoms with E-state index in [-0.39, 0.29) is 0 Å². The van der Waals surface area contributed by atoms with Crippen LogP contribution in [-0.2, 0) is 0 Å². The van der Waals surface area contributed by atoms with Crippen LogP contribution < -0.4 is 0 Å². The molecule has 0 atom stereocenters. The van der Waals surface area contributed by atoms with Gasteiger partial charge in [-0.1, -0.05) is 38.0 Å². The van der Waals surface area contributed by atoms with E-state index in [4.69, 9.17) is 0 Å². The summed E-state index contributed by atoms with van der Waals surface area (Å²) in [5.74, 6) is 0. The van der Waals surface area contributed by atoms with E-state index in [2.05, 4.69) is 29.7 Å². The van der Waals surface area contributed by atoms with Crippen LogP contribution in [0.4, 0.5) is 0 Å². The molecule has 90 valence electrons. The van der Waals surface area contributed by atoms with Crippen LogP contribution in [0.25, 0.3) is 0 Å². The molecule has 0 aliphatic carbocycles. The minimum Gasteiger partial charge on any atom is -0.259 e. The number of hydrogen-bond acceptors (Lipinski definition) is 2. The molecule has 0 aliphatic rings. The second kappa shape index (κ2) is 8.22. The zero-order chi connectivity index (χ0) is 13.3. The summed E-state index contributed by atoms with van der Waals surface area (Å²) >= 11 is 0. The monoisotopic (exact) mass is 228 g/mol. The molecule has 17 heavy (non-hydrogen) atoms. The smallest absolute Gasteiger partial charge is 0.0957 e. The summed E-state index contributed by atoms with van der Waals surface area (Å²) in [5.41, 5.74) is 3.43. The molecule has 0 bridgehead atoms. The summed E-state index contributed by atoms with van der Waals surface area (Å²) in [6.45, 7) is 16.9. The molecule has 0 unspecified atom stereocenters. The minimum atomic E-state index is 0.757. The molecule has 0 spiro atoms. The lowest BCUT2D eigenvalue weighted by Crippen LogP contribution is -2.05. The third kappa shape index (κ3) is 4.19. The maximum atomic E-state index is 4.35. The van der Waals surface area contributed by atoms with E-state index in [1.54, 1.807) is 18.4 Å². The fourth-order valence-electron chi connectivity index (χ4n) is 1.29. The highest BCUT2D eigenvalue weighted by Gasteiger charge is 2.10. The highest BCUT2D eigenvalue weighted by atomic mass is 14.8. The van der Waals surface area contributed by atoms with Gasteiger partial charge in [0.15, 0.2) is 0 Å². The molecule has 0 saturated heterocycles. The third-order valence-electron chi connectivity index (χ3n) is 2.19. The van der Waals surface area contributed by atoms with Gasteiger partial charge in [-0.2, -0.15) is 0 Å². The first kappa shape index (κ1) is 15.0. The molecule has 2 heteroatoms. The summed E-state index contributed by atoms with van der Waals surface area (Å²) in [4.78, 5) is 8.62. The Hall–Kier alpha value is -1.96. The van der Waals surface area contributed by atoms with Gasteiger partial charge in [0.25, 0.3) is 0 Å². The second-order valence-corrected chi connectivity index (χ2v) is 3.23. The lowest BCUT2D eigenvalue weighted by atomic mass is 10.0. The summed E-state index contributed by atoms with van der Waals surface area (Å²) in [7, 11) is 0. The lowest BCUT2D eigenvalue weighted by Gasteiger charge is -2.09. The number of rotatable bonds is 6. The highest BCUT2D eigenvalue weighted by molar-refractivity contribution is 6.15. The molecular formula is C15H20N2. The lowest BCUT2D eigenvalue weighted by molar-refractivity contribution is 1.33. The van der Waals surface area contributed by atoms with E-state index in [0.717, 1.165) is 22.6 Å². The summed E-state index contributed by atoms with van der Waals surface area (Å²) < 4.78 is 0. The SMILES string of the molecule is C=CN=C(/C(C=C)=C\C)/C(N=CC)=C(\C)C=C. The first-order valence-electron chi connectivity index (χ1n) is 5.46. The van der Waals surface area contributed by atoms with Crippen LogP contribution in [0.2, 0.25) is 0 Å². The van der Waals surface area contributed by atoms with E-state index in [1.807, 2.05) is 26.8 Å². The Morgan fingerprint density at radius 1 is 1.06 bits per heavy atom. The van der Waals surface area contributed by atoms with Gasteiger partial charge in [0.05, 0.1) is 11.4 Å². The van der Waals surface area contributed by atoms with Gasteiger partial charge in [0.2, 0.25) is 0 Å². The van der Waals surface area contributed by atoms with Crippen molar-refractivity contribution in [3.8, 4) is 0 Å². The van der Waals surface area contributed by atoms with Gasteiger partial charge < -0.3 is 0 Å².